The molecule has 0 saturated carbocycles. The van der Waals surface area contributed by atoms with Gasteiger partial charge in [0, 0.05) is 11.9 Å². The quantitative estimate of drug-likeness (QED) is 0.666. The fraction of sp³-hybridized carbons (Fsp3) is 0.182. The normalized spacial score (nSPS) is 11.3. The molecule has 1 aromatic carbocycles. The van der Waals surface area contributed by atoms with Crippen LogP contribution in [0.1, 0.15) is 6.92 Å². The summed E-state index contributed by atoms with van der Waals surface area (Å²) < 4.78 is 2.08. The molecule has 0 atom stereocenters. The van der Waals surface area contributed by atoms with Gasteiger partial charge in [-0.2, -0.15) is 0 Å². The average molecular weight is 213 g/mol. The Bertz CT molecular complexity index is 670. The number of aryl methyl sites for hydroxylation is 1. The van der Waals surface area contributed by atoms with E-state index in [1.165, 1.54) is 6.33 Å². The molecule has 0 fully saturated rings. The van der Waals surface area contributed by atoms with Gasteiger partial charge in [0.2, 0.25) is 0 Å². The molecule has 0 aliphatic rings. The molecule has 3 rings (SSSR count). The van der Waals surface area contributed by atoms with Crippen molar-refractivity contribution in [2.75, 3.05) is 5.73 Å². The van der Waals surface area contributed by atoms with Crippen LogP contribution in [0.15, 0.2) is 24.8 Å². The minimum atomic E-state index is 0.498. The topological polar surface area (TPSA) is 69.6 Å². The van der Waals surface area contributed by atoms with Crippen molar-refractivity contribution in [3.63, 3.8) is 0 Å². The van der Waals surface area contributed by atoms with Gasteiger partial charge < -0.3 is 10.3 Å². The van der Waals surface area contributed by atoms with Gasteiger partial charge in [0.05, 0.1) is 22.9 Å². The fourth-order valence-corrected chi connectivity index (χ4v) is 1.88. The molecule has 5 nitrogen and oxygen atoms in total. The lowest BCUT2D eigenvalue weighted by molar-refractivity contribution is 0.787. The molecule has 0 radical (unpaired) electrons. The van der Waals surface area contributed by atoms with E-state index in [0.29, 0.717) is 5.82 Å². The van der Waals surface area contributed by atoms with Crippen LogP contribution in [-0.4, -0.2) is 19.5 Å². The molecule has 0 aliphatic carbocycles. The lowest BCUT2D eigenvalue weighted by Gasteiger charge is -2.02. The number of nitrogen functional groups attached to an aromatic ring is 1. The standard InChI is InChI=1S/C11H11N5/c1-2-16-6-15-9-3-7-8(4-10(9)16)13-5-14-11(7)12/h3-6H,2H2,1H3,(H2,12,13,14). The largest absolute Gasteiger partial charge is 0.383 e. The SMILES string of the molecule is CCn1cnc2cc3c(N)ncnc3cc21. The van der Waals surface area contributed by atoms with E-state index in [-0.39, 0.29) is 0 Å². The Labute approximate surface area is 91.9 Å². The molecule has 80 valence electrons. The number of anilines is 1. The molecular formula is C11H11N5. The van der Waals surface area contributed by atoms with Gasteiger partial charge in [-0.05, 0) is 19.1 Å². The van der Waals surface area contributed by atoms with Gasteiger partial charge in [0.1, 0.15) is 12.1 Å². The minimum Gasteiger partial charge on any atom is -0.383 e. The number of nitrogens with two attached hydrogens (primary N) is 1. The van der Waals surface area contributed by atoms with Crippen LogP contribution < -0.4 is 5.73 Å². The highest BCUT2D eigenvalue weighted by molar-refractivity contribution is 5.97. The third-order valence-electron chi connectivity index (χ3n) is 2.75. The van der Waals surface area contributed by atoms with Gasteiger partial charge in [-0.3, -0.25) is 0 Å². The molecule has 2 aromatic heterocycles. The lowest BCUT2D eigenvalue weighted by Crippen LogP contribution is -1.94. The first-order valence-electron chi connectivity index (χ1n) is 5.14. The maximum absolute atomic E-state index is 5.80. The van der Waals surface area contributed by atoms with E-state index in [1.54, 1.807) is 0 Å². The third-order valence-corrected chi connectivity index (χ3v) is 2.75. The third kappa shape index (κ3) is 1.14. The highest BCUT2D eigenvalue weighted by atomic mass is 15.0. The van der Waals surface area contributed by atoms with E-state index < -0.39 is 0 Å². The minimum absolute atomic E-state index is 0.498. The molecule has 0 saturated heterocycles. The molecular weight excluding hydrogens is 202 g/mol. The molecule has 3 aromatic rings. The summed E-state index contributed by atoms with van der Waals surface area (Å²) in [4.78, 5) is 12.5. The van der Waals surface area contributed by atoms with E-state index in [1.807, 2.05) is 18.5 Å². The number of fused-ring (bicyclic) bond motifs is 2. The van der Waals surface area contributed by atoms with E-state index in [9.17, 15) is 0 Å². The van der Waals surface area contributed by atoms with Gasteiger partial charge in [-0.25, -0.2) is 15.0 Å². The van der Waals surface area contributed by atoms with Crippen LogP contribution in [0.3, 0.4) is 0 Å². The van der Waals surface area contributed by atoms with Crippen LogP contribution in [0.25, 0.3) is 21.9 Å². The number of benzene rings is 1. The molecule has 2 heterocycles. The summed E-state index contributed by atoms with van der Waals surface area (Å²) in [5, 5.41) is 0.858. The zero-order valence-electron chi connectivity index (χ0n) is 8.88. The highest BCUT2D eigenvalue weighted by Crippen LogP contribution is 2.23. The summed E-state index contributed by atoms with van der Waals surface area (Å²) in [7, 11) is 0. The maximum atomic E-state index is 5.80. The summed E-state index contributed by atoms with van der Waals surface area (Å²) in [6, 6.07) is 3.94. The van der Waals surface area contributed by atoms with E-state index in [2.05, 4.69) is 26.4 Å². The van der Waals surface area contributed by atoms with Crippen LogP contribution >= 0.6 is 0 Å². The van der Waals surface area contributed by atoms with Crippen molar-refractivity contribution in [2.45, 2.75) is 13.5 Å². The Kier molecular flexibility index (Phi) is 1.80. The molecule has 0 unspecified atom stereocenters. The highest BCUT2D eigenvalue weighted by Gasteiger charge is 2.06. The van der Waals surface area contributed by atoms with Crippen LogP contribution in [0.2, 0.25) is 0 Å². The van der Waals surface area contributed by atoms with E-state index >= 15 is 0 Å². The number of aromatic nitrogens is 4. The lowest BCUT2D eigenvalue weighted by atomic mass is 10.2. The Morgan fingerprint density at radius 1 is 1.19 bits per heavy atom. The smallest absolute Gasteiger partial charge is 0.134 e. The Morgan fingerprint density at radius 2 is 2.06 bits per heavy atom. The Hall–Kier alpha value is -2.17. The van der Waals surface area contributed by atoms with Crippen molar-refractivity contribution in [3.05, 3.63) is 24.8 Å². The summed E-state index contributed by atoms with van der Waals surface area (Å²) in [6.07, 6.45) is 3.31. The summed E-state index contributed by atoms with van der Waals surface area (Å²) >= 11 is 0. The van der Waals surface area contributed by atoms with E-state index in [4.69, 9.17) is 5.73 Å². The second kappa shape index (κ2) is 3.16. The molecule has 2 N–H and O–H groups in total. The molecule has 0 aliphatic heterocycles. The second-order valence-corrected chi connectivity index (χ2v) is 3.65. The first-order chi connectivity index (χ1) is 7.79. The predicted molar refractivity (Wildman–Crippen MR) is 62.9 cm³/mol. The van der Waals surface area contributed by atoms with Crippen molar-refractivity contribution in [1.82, 2.24) is 19.5 Å². The zero-order chi connectivity index (χ0) is 11.1. The molecule has 5 heteroatoms. The van der Waals surface area contributed by atoms with Crippen LogP contribution in [0.4, 0.5) is 5.82 Å². The predicted octanol–water partition coefficient (Wildman–Crippen LogP) is 1.58. The summed E-state index contributed by atoms with van der Waals surface area (Å²) in [6.45, 7) is 2.97. The average Bonchev–Trinajstić information content (AvgIpc) is 2.69. The number of rotatable bonds is 1. The summed E-state index contributed by atoms with van der Waals surface area (Å²) in [5.74, 6) is 0.498. The molecule has 0 amide bonds. The summed E-state index contributed by atoms with van der Waals surface area (Å²) in [5.41, 5.74) is 8.66. The number of nitrogens with zero attached hydrogens (tertiary/aromatic N) is 4. The van der Waals surface area contributed by atoms with Gasteiger partial charge in [0.25, 0.3) is 0 Å². The number of hydrogen-bond donors (Lipinski definition) is 1. The van der Waals surface area contributed by atoms with Crippen molar-refractivity contribution >= 4 is 27.8 Å². The Balaban J connectivity index is 2.46. The van der Waals surface area contributed by atoms with Crippen molar-refractivity contribution in [1.29, 1.82) is 0 Å². The number of imidazole rings is 1. The van der Waals surface area contributed by atoms with E-state index in [0.717, 1.165) is 28.5 Å². The zero-order valence-corrected chi connectivity index (χ0v) is 8.88. The second-order valence-electron chi connectivity index (χ2n) is 3.65. The van der Waals surface area contributed by atoms with Crippen LogP contribution in [0.5, 0.6) is 0 Å². The van der Waals surface area contributed by atoms with Gasteiger partial charge in [-0.15, -0.1) is 0 Å². The fourth-order valence-electron chi connectivity index (χ4n) is 1.88. The molecule has 0 spiro atoms. The Morgan fingerprint density at radius 3 is 2.88 bits per heavy atom. The molecule has 0 bridgehead atoms. The van der Waals surface area contributed by atoms with Gasteiger partial charge in [-0.1, -0.05) is 0 Å². The van der Waals surface area contributed by atoms with Crippen molar-refractivity contribution in [2.24, 2.45) is 0 Å². The first-order valence-corrected chi connectivity index (χ1v) is 5.14. The van der Waals surface area contributed by atoms with Crippen LogP contribution in [0, 0.1) is 0 Å². The van der Waals surface area contributed by atoms with Crippen molar-refractivity contribution in [3.8, 4) is 0 Å². The maximum Gasteiger partial charge on any atom is 0.134 e. The first kappa shape index (κ1) is 9.08. The van der Waals surface area contributed by atoms with Gasteiger partial charge in [0.15, 0.2) is 0 Å². The van der Waals surface area contributed by atoms with Crippen molar-refractivity contribution < 1.29 is 0 Å². The number of hydrogen-bond acceptors (Lipinski definition) is 4. The monoisotopic (exact) mass is 213 g/mol. The molecule has 16 heavy (non-hydrogen) atoms. The van der Waals surface area contributed by atoms with Crippen LogP contribution in [-0.2, 0) is 6.54 Å². The van der Waals surface area contributed by atoms with Gasteiger partial charge >= 0.3 is 0 Å².